The van der Waals surface area contributed by atoms with Gasteiger partial charge in [-0.2, -0.15) is 0 Å². The number of benzene rings is 2. The molecule has 2 aliphatic heterocycles. The van der Waals surface area contributed by atoms with Crippen molar-refractivity contribution in [2.45, 2.75) is 12.5 Å². The average molecular weight is 487 g/mol. The molecule has 2 fully saturated rings. The number of hydrogen-bond acceptors (Lipinski definition) is 7. The molecule has 0 spiro atoms. The number of anilines is 1. The number of nitrogens with zero attached hydrogens (tertiary/aromatic N) is 4. The molecule has 2 saturated heterocycles. The molecule has 4 rings (SSSR count). The lowest BCUT2D eigenvalue weighted by molar-refractivity contribution is -0.384. The second-order valence-corrected chi connectivity index (χ2v) is 8.46. The largest absolute Gasteiger partial charge is 0.379 e. The van der Waals surface area contributed by atoms with E-state index in [0.29, 0.717) is 43.6 Å². The van der Waals surface area contributed by atoms with E-state index in [0.717, 1.165) is 4.90 Å². The van der Waals surface area contributed by atoms with Gasteiger partial charge in [0.15, 0.2) is 0 Å². The van der Waals surface area contributed by atoms with E-state index in [1.165, 1.54) is 29.2 Å². The molecule has 2 aliphatic rings. The molecule has 178 valence electrons. The van der Waals surface area contributed by atoms with Crippen molar-refractivity contribution >= 4 is 40.7 Å². The van der Waals surface area contributed by atoms with Crippen molar-refractivity contribution < 1.29 is 24.0 Å². The fourth-order valence-electron chi connectivity index (χ4n) is 4.11. The maximum absolute atomic E-state index is 13.5. The van der Waals surface area contributed by atoms with Gasteiger partial charge in [-0.05, 0) is 30.3 Å². The lowest BCUT2D eigenvalue weighted by Gasteiger charge is -2.32. The van der Waals surface area contributed by atoms with E-state index in [2.05, 4.69) is 4.90 Å². The van der Waals surface area contributed by atoms with Gasteiger partial charge in [-0.1, -0.05) is 17.7 Å². The van der Waals surface area contributed by atoms with Crippen LogP contribution in [0.15, 0.2) is 48.5 Å². The minimum Gasteiger partial charge on any atom is -0.379 e. The third-order valence-electron chi connectivity index (χ3n) is 5.91. The Morgan fingerprint density at radius 3 is 2.53 bits per heavy atom. The molecule has 0 bridgehead atoms. The summed E-state index contributed by atoms with van der Waals surface area (Å²) >= 11 is 5.93. The minimum absolute atomic E-state index is 0.0846. The number of ether oxygens (including phenoxy) is 1. The highest BCUT2D eigenvalue weighted by molar-refractivity contribution is 6.31. The van der Waals surface area contributed by atoms with Crippen LogP contribution in [0.4, 0.5) is 11.4 Å². The van der Waals surface area contributed by atoms with Crippen molar-refractivity contribution in [2.75, 3.05) is 44.3 Å². The first-order valence-corrected chi connectivity index (χ1v) is 11.2. The van der Waals surface area contributed by atoms with Gasteiger partial charge in [0, 0.05) is 48.9 Å². The third-order valence-corrected chi connectivity index (χ3v) is 6.16. The van der Waals surface area contributed by atoms with Gasteiger partial charge in [0.2, 0.25) is 5.91 Å². The van der Waals surface area contributed by atoms with E-state index < -0.39 is 28.7 Å². The maximum Gasteiger partial charge on any atom is 0.270 e. The Balaban J connectivity index is 1.61. The van der Waals surface area contributed by atoms with E-state index >= 15 is 0 Å². The molecule has 2 aromatic rings. The van der Waals surface area contributed by atoms with Gasteiger partial charge in [0.1, 0.15) is 6.04 Å². The Bertz CT molecular complexity index is 1100. The molecule has 0 saturated carbocycles. The van der Waals surface area contributed by atoms with E-state index in [1.54, 1.807) is 24.3 Å². The number of morpholine rings is 1. The van der Waals surface area contributed by atoms with Crippen molar-refractivity contribution in [3.8, 4) is 0 Å². The molecule has 0 aromatic heterocycles. The van der Waals surface area contributed by atoms with Crippen LogP contribution in [0.25, 0.3) is 0 Å². The quantitative estimate of drug-likeness (QED) is 0.335. The lowest BCUT2D eigenvalue weighted by atomic mass is 10.1. The molecule has 1 unspecified atom stereocenters. The standard InChI is InChI=1S/C23H23ClN4O6/c24-17-4-6-18(7-5-17)27-21(29)15-20(23(27)31)26(9-8-25-10-12-34-13-11-25)22(30)16-2-1-3-19(14-16)28(32)33/h1-7,14,20H,8-13,15H2. The summed E-state index contributed by atoms with van der Waals surface area (Å²) in [5, 5.41) is 11.7. The summed E-state index contributed by atoms with van der Waals surface area (Å²) < 4.78 is 5.36. The second-order valence-electron chi connectivity index (χ2n) is 8.02. The number of halogens is 1. The van der Waals surface area contributed by atoms with Crippen molar-refractivity contribution in [3.63, 3.8) is 0 Å². The Labute approximate surface area is 200 Å². The summed E-state index contributed by atoms with van der Waals surface area (Å²) in [6.07, 6.45) is -0.175. The Morgan fingerprint density at radius 2 is 1.85 bits per heavy atom. The number of nitro groups is 1. The molecule has 11 heteroatoms. The normalized spacial score (nSPS) is 18.9. The number of nitro benzene ring substituents is 1. The van der Waals surface area contributed by atoms with E-state index in [-0.39, 0.29) is 24.2 Å². The van der Waals surface area contributed by atoms with Crippen molar-refractivity contribution in [2.24, 2.45) is 0 Å². The molecule has 1 atom stereocenters. The third kappa shape index (κ3) is 5.09. The number of carbonyl (C=O) groups is 3. The van der Waals surface area contributed by atoms with E-state index in [9.17, 15) is 24.5 Å². The van der Waals surface area contributed by atoms with Crippen LogP contribution in [-0.2, 0) is 14.3 Å². The summed E-state index contributed by atoms with van der Waals surface area (Å²) in [6, 6.07) is 10.6. The summed E-state index contributed by atoms with van der Waals surface area (Å²) in [5.41, 5.74) is 0.231. The SMILES string of the molecule is O=C1CC(N(CCN2CCOCC2)C(=O)c2cccc([N+](=O)[O-])c2)C(=O)N1c1ccc(Cl)cc1. The fraction of sp³-hybridized carbons (Fsp3) is 0.348. The van der Waals surface area contributed by atoms with Crippen LogP contribution < -0.4 is 4.90 Å². The number of amides is 3. The molecule has 0 radical (unpaired) electrons. The Kier molecular flexibility index (Phi) is 7.20. The molecule has 2 heterocycles. The van der Waals surface area contributed by atoms with Crippen molar-refractivity contribution in [3.05, 3.63) is 69.2 Å². The van der Waals surface area contributed by atoms with Gasteiger partial charge in [-0.3, -0.25) is 29.4 Å². The van der Waals surface area contributed by atoms with Crippen LogP contribution >= 0.6 is 11.6 Å². The maximum atomic E-state index is 13.5. The molecule has 2 aromatic carbocycles. The number of rotatable bonds is 7. The summed E-state index contributed by atoms with van der Waals surface area (Å²) in [6.45, 7) is 3.18. The number of imide groups is 1. The number of non-ortho nitro benzene ring substituents is 1. The highest BCUT2D eigenvalue weighted by Gasteiger charge is 2.44. The molecule has 3 amide bonds. The molecular weight excluding hydrogens is 464 g/mol. The minimum atomic E-state index is -1.02. The molecule has 0 N–H and O–H groups in total. The van der Waals surface area contributed by atoms with E-state index in [4.69, 9.17) is 16.3 Å². The smallest absolute Gasteiger partial charge is 0.270 e. The summed E-state index contributed by atoms with van der Waals surface area (Å²) in [4.78, 5) is 54.8. The average Bonchev–Trinajstić information content (AvgIpc) is 3.14. The van der Waals surface area contributed by atoms with Gasteiger partial charge in [0.25, 0.3) is 17.5 Å². The monoisotopic (exact) mass is 486 g/mol. The van der Waals surface area contributed by atoms with Gasteiger partial charge >= 0.3 is 0 Å². The number of hydrogen-bond donors (Lipinski definition) is 0. The summed E-state index contributed by atoms with van der Waals surface area (Å²) in [5.74, 6) is -1.49. The topological polar surface area (TPSA) is 113 Å². The van der Waals surface area contributed by atoms with Crippen LogP contribution in [0.5, 0.6) is 0 Å². The first-order valence-electron chi connectivity index (χ1n) is 10.8. The van der Waals surface area contributed by atoms with Crippen LogP contribution in [0.3, 0.4) is 0 Å². The van der Waals surface area contributed by atoms with E-state index in [1.807, 2.05) is 0 Å². The first kappa shape index (κ1) is 23.8. The zero-order chi connectivity index (χ0) is 24.2. The highest BCUT2D eigenvalue weighted by Crippen LogP contribution is 2.28. The molecule has 34 heavy (non-hydrogen) atoms. The lowest BCUT2D eigenvalue weighted by Crippen LogP contribution is -2.49. The van der Waals surface area contributed by atoms with Gasteiger partial charge in [0.05, 0.1) is 30.2 Å². The first-order chi connectivity index (χ1) is 16.3. The van der Waals surface area contributed by atoms with Gasteiger partial charge in [-0.15, -0.1) is 0 Å². The zero-order valence-electron chi connectivity index (χ0n) is 18.3. The van der Waals surface area contributed by atoms with Crippen LogP contribution in [0.2, 0.25) is 5.02 Å². The highest BCUT2D eigenvalue weighted by atomic mass is 35.5. The predicted octanol–water partition coefficient (Wildman–Crippen LogP) is 2.35. The Hall–Kier alpha value is -3.34. The zero-order valence-corrected chi connectivity index (χ0v) is 19.0. The Morgan fingerprint density at radius 1 is 1.15 bits per heavy atom. The molecule has 0 aliphatic carbocycles. The van der Waals surface area contributed by atoms with Crippen molar-refractivity contribution in [1.82, 2.24) is 9.80 Å². The molecular formula is C23H23ClN4O6. The fourth-order valence-corrected chi connectivity index (χ4v) is 4.24. The molecule has 10 nitrogen and oxygen atoms in total. The van der Waals surface area contributed by atoms with Gasteiger partial charge < -0.3 is 9.64 Å². The van der Waals surface area contributed by atoms with Gasteiger partial charge in [-0.25, -0.2) is 4.90 Å². The summed E-state index contributed by atoms with van der Waals surface area (Å²) in [7, 11) is 0. The van der Waals surface area contributed by atoms with Crippen LogP contribution in [-0.4, -0.2) is 77.9 Å². The van der Waals surface area contributed by atoms with Crippen LogP contribution in [0, 0.1) is 10.1 Å². The van der Waals surface area contributed by atoms with Crippen LogP contribution in [0.1, 0.15) is 16.8 Å². The second kappa shape index (κ2) is 10.3. The number of carbonyl (C=O) groups excluding carboxylic acids is 3. The van der Waals surface area contributed by atoms with Crippen molar-refractivity contribution in [1.29, 1.82) is 0 Å². The predicted molar refractivity (Wildman–Crippen MR) is 124 cm³/mol.